The molecular weight excluding hydrogens is 332 g/mol. The minimum atomic E-state index is -3.48. The van der Waals surface area contributed by atoms with Gasteiger partial charge in [0.1, 0.15) is 0 Å². The molecule has 21 heavy (non-hydrogen) atoms. The quantitative estimate of drug-likeness (QED) is 0.818. The number of nitrogens with zero attached hydrogens (tertiary/aromatic N) is 2. The molecule has 2 atom stereocenters. The largest absolute Gasteiger partial charge is 0.373 e. The smallest absolute Gasteiger partial charge is 0.282 e. The summed E-state index contributed by atoms with van der Waals surface area (Å²) in [5, 5.41) is 0. The molecule has 0 spiro atoms. The summed E-state index contributed by atoms with van der Waals surface area (Å²) in [5.74, 6) is 0. The molecule has 8 heteroatoms. The van der Waals surface area contributed by atoms with Crippen molar-refractivity contribution in [1.29, 1.82) is 0 Å². The van der Waals surface area contributed by atoms with Crippen molar-refractivity contribution >= 4 is 33.1 Å². The highest BCUT2D eigenvalue weighted by molar-refractivity contribution is 7.86. The van der Waals surface area contributed by atoms with E-state index in [0.717, 1.165) is 4.88 Å². The molecule has 1 fully saturated rings. The van der Waals surface area contributed by atoms with E-state index in [0.29, 0.717) is 30.5 Å². The van der Waals surface area contributed by atoms with Crippen molar-refractivity contribution in [2.75, 3.05) is 19.6 Å². The molecule has 120 valence electrons. The minimum Gasteiger partial charge on any atom is -0.373 e. The van der Waals surface area contributed by atoms with Crippen LogP contribution in [-0.4, -0.2) is 48.9 Å². The highest BCUT2D eigenvalue weighted by atomic mass is 35.5. The zero-order chi connectivity index (χ0) is 15.6. The number of halogens is 1. The van der Waals surface area contributed by atoms with Crippen molar-refractivity contribution in [3.8, 4) is 0 Å². The fourth-order valence-electron chi connectivity index (χ4n) is 2.45. The summed E-state index contributed by atoms with van der Waals surface area (Å²) in [4.78, 5) is 0.944. The molecule has 0 aliphatic carbocycles. The summed E-state index contributed by atoms with van der Waals surface area (Å²) >= 11 is 7.32. The van der Waals surface area contributed by atoms with Gasteiger partial charge in [0.2, 0.25) is 0 Å². The summed E-state index contributed by atoms with van der Waals surface area (Å²) in [6, 6.07) is 3.66. The Bertz CT molecular complexity index is 566. The summed E-state index contributed by atoms with van der Waals surface area (Å²) < 4.78 is 34.9. The lowest BCUT2D eigenvalue weighted by Gasteiger charge is -2.37. The Hall–Kier alpha value is -0.180. The highest BCUT2D eigenvalue weighted by Gasteiger charge is 2.34. The van der Waals surface area contributed by atoms with Crippen LogP contribution in [0.4, 0.5) is 0 Å². The van der Waals surface area contributed by atoms with Gasteiger partial charge < -0.3 is 4.74 Å². The first-order valence-corrected chi connectivity index (χ1v) is 9.57. The average molecular weight is 353 g/mol. The van der Waals surface area contributed by atoms with E-state index in [1.807, 2.05) is 26.8 Å². The van der Waals surface area contributed by atoms with Crippen LogP contribution in [0.15, 0.2) is 12.1 Å². The Morgan fingerprint density at radius 2 is 2.00 bits per heavy atom. The summed E-state index contributed by atoms with van der Waals surface area (Å²) in [6.07, 6.45) is -0.170. The zero-order valence-corrected chi connectivity index (χ0v) is 14.8. The second kappa shape index (κ2) is 6.93. The molecular formula is C13H21ClN2O3S2. The molecule has 5 nitrogen and oxygen atoms in total. The average Bonchev–Trinajstić information content (AvgIpc) is 2.80. The van der Waals surface area contributed by atoms with Crippen LogP contribution < -0.4 is 0 Å². The normalized spacial score (nSPS) is 24.6. The van der Waals surface area contributed by atoms with E-state index in [1.165, 1.54) is 19.9 Å². The molecule has 1 saturated heterocycles. The molecule has 2 heterocycles. The van der Waals surface area contributed by atoms with Crippen molar-refractivity contribution in [2.45, 2.75) is 39.5 Å². The van der Waals surface area contributed by atoms with Gasteiger partial charge in [0, 0.05) is 31.1 Å². The number of hydrogen-bond acceptors (Lipinski definition) is 4. The summed E-state index contributed by atoms with van der Waals surface area (Å²) in [6.45, 7) is 7.22. The first-order valence-electron chi connectivity index (χ1n) is 6.97. The van der Waals surface area contributed by atoms with Crippen molar-refractivity contribution in [3.63, 3.8) is 0 Å². The molecule has 0 radical (unpaired) electrons. The molecule has 0 saturated carbocycles. The molecule has 0 bridgehead atoms. The first kappa shape index (κ1) is 17.2. The van der Waals surface area contributed by atoms with Crippen molar-refractivity contribution in [1.82, 2.24) is 8.61 Å². The number of thiophene rings is 1. The topological polar surface area (TPSA) is 49.9 Å². The van der Waals surface area contributed by atoms with Gasteiger partial charge in [0.25, 0.3) is 10.2 Å². The maximum atomic E-state index is 12.8. The molecule has 1 aliphatic heterocycles. The van der Waals surface area contributed by atoms with Gasteiger partial charge in [-0.05, 0) is 26.0 Å². The Labute approximate surface area is 135 Å². The maximum absolute atomic E-state index is 12.8. The third kappa shape index (κ3) is 4.18. The highest BCUT2D eigenvalue weighted by Crippen LogP contribution is 2.25. The third-order valence-electron chi connectivity index (χ3n) is 3.35. The second-order valence-electron chi connectivity index (χ2n) is 5.21. The number of hydrogen-bond donors (Lipinski definition) is 0. The first-order chi connectivity index (χ1) is 9.82. The van der Waals surface area contributed by atoms with Crippen LogP contribution in [-0.2, 0) is 21.5 Å². The molecule has 0 unspecified atom stereocenters. The van der Waals surface area contributed by atoms with E-state index < -0.39 is 10.2 Å². The summed E-state index contributed by atoms with van der Waals surface area (Å²) in [7, 11) is -3.48. The number of rotatable bonds is 5. The fourth-order valence-corrected chi connectivity index (χ4v) is 5.39. The number of morpholine rings is 1. The van der Waals surface area contributed by atoms with Gasteiger partial charge in [0.05, 0.1) is 16.5 Å². The van der Waals surface area contributed by atoms with Crippen LogP contribution in [0.3, 0.4) is 0 Å². The van der Waals surface area contributed by atoms with Gasteiger partial charge >= 0.3 is 0 Å². The van der Waals surface area contributed by atoms with E-state index in [1.54, 1.807) is 6.07 Å². The van der Waals surface area contributed by atoms with E-state index in [-0.39, 0.29) is 12.2 Å². The molecule has 0 N–H and O–H groups in total. The molecule has 1 aliphatic rings. The predicted octanol–water partition coefficient (Wildman–Crippen LogP) is 2.58. The minimum absolute atomic E-state index is 0.0848. The van der Waals surface area contributed by atoms with Crippen molar-refractivity contribution in [3.05, 3.63) is 21.3 Å². The third-order valence-corrected chi connectivity index (χ3v) is 6.56. The fraction of sp³-hybridized carbons (Fsp3) is 0.692. The standard InChI is InChI=1S/C13H21ClN2O3S2/c1-4-15(9-12-5-6-13(14)20-12)21(17,18)16-7-10(2)19-11(3)8-16/h5-6,10-11H,4,7-9H2,1-3H3/t10-,11+. The Morgan fingerprint density at radius 1 is 1.38 bits per heavy atom. The molecule has 0 aromatic carbocycles. The van der Waals surface area contributed by atoms with Gasteiger partial charge in [-0.25, -0.2) is 0 Å². The van der Waals surface area contributed by atoms with E-state index >= 15 is 0 Å². The van der Waals surface area contributed by atoms with E-state index in [2.05, 4.69) is 0 Å². The van der Waals surface area contributed by atoms with Crippen molar-refractivity contribution < 1.29 is 13.2 Å². The van der Waals surface area contributed by atoms with Crippen LogP contribution in [0.25, 0.3) is 0 Å². The van der Waals surface area contributed by atoms with Crippen LogP contribution >= 0.6 is 22.9 Å². The number of ether oxygens (including phenoxy) is 1. The van der Waals surface area contributed by atoms with Gasteiger partial charge in [0.15, 0.2) is 0 Å². The monoisotopic (exact) mass is 352 g/mol. The lowest BCUT2D eigenvalue weighted by Crippen LogP contribution is -2.52. The zero-order valence-electron chi connectivity index (χ0n) is 12.5. The predicted molar refractivity (Wildman–Crippen MR) is 85.9 cm³/mol. The lowest BCUT2D eigenvalue weighted by molar-refractivity contribution is -0.0454. The second-order valence-corrected chi connectivity index (χ2v) is 8.94. The Morgan fingerprint density at radius 3 is 2.48 bits per heavy atom. The summed E-state index contributed by atoms with van der Waals surface area (Å²) in [5.41, 5.74) is 0. The van der Waals surface area contributed by atoms with E-state index in [4.69, 9.17) is 16.3 Å². The van der Waals surface area contributed by atoms with Crippen LogP contribution in [0, 0.1) is 0 Å². The van der Waals surface area contributed by atoms with Crippen LogP contribution in [0.2, 0.25) is 4.34 Å². The van der Waals surface area contributed by atoms with Crippen LogP contribution in [0.1, 0.15) is 25.6 Å². The lowest BCUT2D eigenvalue weighted by atomic mass is 10.3. The Kier molecular flexibility index (Phi) is 5.67. The van der Waals surface area contributed by atoms with Gasteiger partial charge in [-0.3, -0.25) is 0 Å². The molecule has 1 aromatic rings. The van der Waals surface area contributed by atoms with Crippen LogP contribution in [0.5, 0.6) is 0 Å². The molecule has 0 amide bonds. The van der Waals surface area contributed by atoms with Gasteiger partial charge in [-0.1, -0.05) is 18.5 Å². The maximum Gasteiger partial charge on any atom is 0.282 e. The molecule has 1 aromatic heterocycles. The van der Waals surface area contributed by atoms with E-state index in [9.17, 15) is 8.42 Å². The molecule has 2 rings (SSSR count). The SMILES string of the molecule is CCN(Cc1ccc(Cl)s1)S(=O)(=O)N1C[C@@H](C)O[C@@H](C)C1. The van der Waals surface area contributed by atoms with Gasteiger partial charge in [-0.2, -0.15) is 17.0 Å². The van der Waals surface area contributed by atoms with Gasteiger partial charge in [-0.15, -0.1) is 11.3 Å². The Balaban J connectivity index is 2.15. The van der Waals surface area contributed by atoms with Crippen molar-refractivity contribution in [2.24, 2.45) is 0 Å².